The number of nitrogens with two attached hydrogens (primary N) is 1. The maximum atomic E-state index is 11.6. The van der Waals surface area contributed by atoms with Gasteiger partial charge in [0, 0.05) is 13.1 Å². The first-order chi connectivity index (χ1) is 12.2. The number of carbonyl (C=O) groups is 1. The molecule has 0 radical (unpaired) electrons. The third-order valence-electron chi connectivity index (χ3n) is 4.37. The molecule has 1 aliphatic heterocycles. The van der Waals surface area contributed by atoms with Crippen LogP contribution in [-0.4, -0.2) is 37.3 Å². The highest BCUT2D eigenvalue weighted by Crippen LogP contribution is 2.21. The van der Waals surface area contributed by atoms with E-state index in [1.807, 2.05) is 30.3 Å². The molecule has 6 heteroatoms. The van der Waals surface area contributed by atoms with Crippen molar-refractivity contribution in [2.24, 2.45) is 0 Å². The first kappa shape index (κ1) is 17.2. The van der Waals surface area contributed by atoms with E-state index in [1.165, 1.54) is 7.11 Å². The maximum absolute atomic E-state index is 11.6. The van der Waals surface area contributed by atoms with Crippen LogP contribution in [0.25, 0.3) is 0 Å². The van der Waals surface area contributed by atoms with Crippen LogP contribution in [0.15, 0.2) is 42.6 Å². The molecule has 0 amide bonds. The second-order valence-corrected chi connectivity index (χ2v) is 6.14. The van der Waals surface area contributed by atoms with Crippen molar-refractivity contribution in [2.45, 2.75) is 25.6 Å². The summed E-state index contributed by atoms with van der Waals surface area (Å²) in [6, 6.07) is 11.2. The smallest absolute Gasteiger partial charge is 0.337 e. The molecule has 0 unspecified atom stereocenters. The van der Waals surface area contributed by atoms with Gasteiger partial charge in [0.2, 0.25) is 0 Å². The Morgan fingerprint density at radius 1 is 1.28 bits per heavy atom. The van der Waals surface area contributed by atoms with E-state index in [0.717, 1.165) is 37.3 Å². The Morgan fingerprint density at radius 2 is 2.08 bits per heavy atom. The summed E-state index contributed by atoms with van der Waals surface area (Å²) >= 11 is 0. The fourth-order valence-corrected chi connectivity index (χ4v) is 2.96. The molecule has 132 valence electrons. The van der Waals surface area contributed by atoms with Crippen molar-refractivity contribution in [2.75, 3.05) is 30.8 Å². The average molecular weight is 341 g/mol. The van der Waals surface area contributed by atoms with Gasteiger partial charge in [-0.1, -0.05) is 12.1 Å². The number of hydrogen-bond donors (Lipinski definition) is 1. The molecule has 6 nitrogen and oxygen atoms in total. The van der Waals surface area contributed by atoms with Crippen LogP contribution in [-0.2, 0) is 16.1 Å². The number of esters is 1. The Morgan fingerprint density at radius 3 is 2.76 bits per heavy atom. The molecule has 2 aromatic rings. The van der Waals surface area contributed by atoms with Gasteiger partial charge in [-0.05, 0) is 42.7 Å². The highest BCUT2D eigenvalue weighted by atomic mass is 16.5. The minimum absolute atomic E-state index is 0.215. The quantitative estimate of drug-likeness (QED) is 0.843. The van der Waals surface area contributed by atoms with Crippen LogP contribution < -0.4 is 10.6 Å². The number of rotatable bonds is 5. The predicted molar refractivity (Wildman–Crippen MR) is 96.5 cm³/mol. The first-order valence-electron chi connectivity index (χ1n) is 8.41. The van der Waals surface area contributed by atoms with Crippen LogP contribution in [0.3, 0.4) is 0 Å². The summed E-state index contributed by atoms with van der Waals surface area (Å²) in [6.07, 6.45) is 3.80. The lowest BCUT2D eigenvalue weighted by atomic mass is 10.1. The van der Waals surface area contributed by atoms with Crippen LogP contribution >= 0.6 is 0 Å². The normalized spacial score (nSPS) is 15.2. The Labute approximate surface area is 147 Å². The number of benzene rings is 1. The second kappa shape index (κ2) is 7.98. The van der Waals surface area contributed by atoms with E-state index in [4.69, 9.17) is 15.2 Å². The zero-order valence-corrected chi connectivity index (χ0v) is 14.4. The zero-order chi connectivity index (χ0) is 17.6. The van der Waals surface area contributed by atoms with Gasteiger partial charge in [0.1, 0.15) is 5.82 Å². The van der Waals surface area contributed by atoms with Gasteiger partial charge < -0.3 is 20.1 Å². The van der Waals surface area contributed by atoms with E-state index in [9.17, 15) is 4.79 Å². The summed E-state index contributed by atoms with van der Waals surface area (Å²) in [4.78, 5) is 18.2. The van der Waals surface area contributed by atoms with Gasteiger partial charge in [0.25, 0.3) is 0 Å². The fraction of sp³-hybridized carbons (Fsp3) is 0.368. The van der Waals surface area contributed by atoms with E-state index >= 15 is 0 Å². The van der Waals surface area contributed by atoms with Crippen LogP contribution in [0.4, 0.5) is 11.5 Å². The van der Waals surface area contributed by atoms with Crippen LogP contribution in [0, 0.1) is 0 Å². The molecular formula is C19H23N3O3. The standard InChI is InChI=1S/C19H23N3O3/c1-24-19(23)15-4-2-3-14(11-15)13-25-17-7-9-22(10-8-17)18-6-5-16(20)12-21-18/h2-6,11-12,17H,7-10,13,20H2,1H3. The topological polar surface area (TPSA) is 77.7 Å². The van der Waals surface area contributed by atoms with Crippen LogP contribution in [0.2, 0.25) is 0 Å². The number of nitrogens with zero attached hydrogens (tertiary/aromatic N) is 2. The summed E-state index contributed by atoms with van der Waals surface area (Å²) in [5.41, 5.74) is 7.88. The molecule has 0 bridgehead atoms. The van der Waals surface area contributed by atoms with Crippen molar-refractivity contribution in [3.8, 4) is 0 Å². The summed E-state index contributed by atoms with van der Waals surface area (Å²) in [7, 11) is 1.38. The van der Waals surface area contributed by atoms with E-state index in [1.54, 1.807) is 12.3 Å². The van der Waals surface area contributed by atoms with Gasteiger partial charge in [0.15, 0.2) is 0 Å². The number of piperidine rings is 1. The first-order valence-corrected chi connectivity index (χ1v) is 8.41. The molecular weight excluding hydrogens is 318 g/mol. The van der Waals surface area contributed by atoms with E-state index in [0.29, 0.717) is 17.9 Å². The molecule has 2 N–H and O–H groups in total. The molecule has 0 aliphatic carbocycles. The third kappa shape index (κ3) is 4.48. The highest BCUT2D eigenvalue weighted by Gasteiger charge is 2.20. The fourth-order valence-electron chi connectivity index (χ4n) is 2.96. The predicted octanol–water partition coefficient (Wildman–Crippen LogP) is 2.64. The molecule has 1 aliphatic rings. The number of carbonyl (C=O) groups excluding carboxylic acids is 1. The van der Waals surface area contributed by atoms with Crippen molar-refractivity contribution in [3.05, 3.63) is 53.7 Å². The molecule has 2 heterocycles. The Kier molecular flexibility index (Phi) is 5.50. The lowest BCUT2D eigenvalue weighted by molar-refractivity contribution is 0.0250. The highest BCUT2D eigenvalue weighted by molar-refractivity contribution is 5.89. The minimum atomic E-state index is -0.328. The largest absolute Gasteiger partial charge is 0.465 e. The van der Waals surface area contributed by atoms with Gasteiger partial charge in [0.05, 0.1) is 37.3 Å². The van der Waals surface area contributed by atoms with Crippen molar-refractivity contribution in [1.29, 1.82) is 0 Å². The van der Waals surface area contributed by atoms with E-state index in [2.05, 4.69) is 9.88 Å². The number of pyridine rings is 1. The SMILES string of the molecule is COC(=O)c1cccc(COC2CCN(c3ccc(N)cn3)CC2)c1. The van der Waals surface area contributed by atoms with Crippen molar-refractivity contribution in [3.63, 3.8) is 0 Å². The van der Waals surface area contributed by atoms with E-state index in [-0.39, 0.29) is 12.1 Å². The van der Waals surface area contributed by atoms with E-state index < -0.39 is 0 Å². The van der Waals surface area contributed by atoms with Gasteiger partial charge in [-0.25, -0.2) is 9.78 Å². The summed E-state index contributed by atoms with van der Waals surface area (Å²) in [6.45, 7) is 2.31. The van der Waals surface area contributed by atoms with Crippen LogP contribution in [0.5, 0.6) is 0 Å². The molecule has 0 saturated carbocycles. The van der Waals surface area contributed by atoms with Gasteiger partial charge >= 0.3 is 5.97 Å². The Bertz CT molecular complexity index is 710. The maximum Gasteiger partial charge on any atom is 0.337 e. The molecule has 1 fully saturated rings. The number of nitrogen functional groups attached to an aromatic ring is 1. The monoisotopic (exact) mass is 341 g/mol. The molecule has 0 spiro atoms. The molecule has 0 atom stereocenters. The second-order valence-electron chi connectivity index (χ2n) is 6.14. The lowest BCUT2D eigenvalue weighted by Crippen LogP contribution is -2.37. The summed E-state index contributed by atoms with van der Waals surface area (Å²) in [5, 5.41) is 0. The average Bonchev–Trinajstić information content (AvgIpc) is 2.67. The van der Waals surface area contributed by atoms with Gasteiger partial charge in [-0.15, -0.1) is 0 Å². The zero-order valence-electron chi connectivity index (χ0n) is 14.4. The lowest BCUT2D eigenvalue weighted by Gasteiger charge is -2.32. The molecule has 1 saturated heterocycles. The number of ether oxygens (including phenoxy) is 2. The Balaban J connectivity index is 1.49. The molecule has 3 rings (SSSR count). The van der Waals surface area contributed by atoms with Crippen molar-refractivity contribution >= 4 is 17.5 Å². The number of anilines is 2. The van der Waals surface area contributed by atoms with Gasteiger partial charge in [-0.3, -0.25) is 0 Å². The molecule has 25 heavy (non-hydrogen) atoms. The van der Waals surface area contributed by atoms with Crippen LogP contribution in [0.1, 0.15) is 28.8 Å². The minimum Gasteiger partial charge on any atom is -0.465 e. The molecule has 1 aromatic heterocycles. The summed E-state index contributed by atoms with van der Waals surface area (Å²) < 4.78 is 10.8. The van der Waals surface area contributed by atoms with Crippen molar-refractivity contribution < 1.29 is 14.3 Å². The van der Waals surface area contributed by atoms with Gasteiger partial charge in [-0.2, -0.15) is 0 Å². The number of hydrogen-bond acceptors (Lipinski definition) is 6. The summed E-state index contributed by atoms with van der Waals surface area (Å²) in [5.74, 6) is 0.629. The number of aromatic nitrogens is 1. The number of methoxy groups -OCH3 is 1. The third-order valence-corrected chi connectivity index (χ3v) is 4.37. The molecule has 1 aromatic carbocycles. The Hall–Kier alpha value is -2.60. The van der Waals surface area contributed by atoms with Crippen molar-refractivity contribution in [1.82, 2.24) is 4.98 Å².